The molecule has 4 amide bonds. The van der Waals surface area contributed by atoms with Crippen molar-refractivity contribution in [2.24, 2.45) is 11.8 Å². The molecular weight excluding hydrogens is 725 g/mol. The van der Waals surface area contributed by atoms with Crippen molar-refractivity contribution >= 4 is 24.0 Å². The Hall–Kier alpha value is -5.92. The van der Waals surface area contributed by atoms with Gasteiger partial charge in [0, 0.05) is 24.8 Å². The number of H-pyrrole nitrogens is 2. The number of aromatic amines is 2. The summed E-state index contributed by atoms with van der Waals surface area (Å²) >= 11 is 0. The van der Waals surface area contributed by atoms with Crippen LogP contribution in [-0.2, 0) is 19.1 Å². The predicted molar refractivity (Wildman–Crippen MR) is 216 cm³/mol. The van der Waals surface area contributed by atoms with Crippen LogP contribution in [0.2, 0.25) is 0 Å². The number of hydrogen-bond acceptors (Lipinski definition) is 8. The van der Waals surface area contributed by atoms with Gasteiger partial charge in [-0.1, -0.05) is 88.4 Å². The first-order valence-corrected chi connectivity index (χ1v) is 19.6. The number of alkyl carbamates (subject to hydrolysis) is 2. The van der Waals surface area contributed by atoms with Gasteiger partial charge in [0.15, 0.2) is 0 Å². The molecule has 302 valence electrons. The number of aromatic nitrogens is 4. The van der Waals surface area contributed by atoms with Crippen molar-refractivity contribution in [2.45, 2.75) is 91.1 Å². The van der Waals surface area contributed by atoms with Gasteiger partial charge in [0.25, 0.3) is 0 Å². The second kappa shape index (κ2) is 17.1. The lowest BCUT2D eigenvalue weighted by Gasteiger charge is -2.31. The molecule has 14 nitrogen and oxygen atoms in total. The molecule has 0 unspecified atom stereocenters. The zero-order chi connectivity index (χ0) is 41.0. The van der Waals surface area contributed by atoms with E-state index in [1.165, 1.54) is 7.11 Å². The minimum Gasteiger partial charge on any atom is -0.453 e. The maximum atomic E-state index is 13.7. The highest BCUT2D eigenvalue weighted by Crippen LogP contribution is 2.34. The average molecular weight is 779 g/mol. The Labute approximate surface area is 333 Å². The predicted octanol–water partition coefficient (Wildman–Crippen LogP) is 7.17. The number of amides is 4. The van der Waals surface area contributed by atoms with E-state index in [0.717, 1.165) is 52.3 Å². The topological polar surface area (TPSA) is 175 Å². The van der Waals surface area contributed by atoms with Gasteiger partial charge in [0.05, 0.1) is 30.7 Å². The zero-order valence-electron chi connectivity index (χ0n) is 34.0. The number of imidazole rings is 2. The third-order valence-corrected chi connectivity index (χ3v) is 10.3. The van der Waals surface area contributed by atoms with Crippen molar-refractivity contribution in [3.63, 3.8) is 0 Å². The largest absolute Gasteiger partial charge is 0.453 e. The summed E-state index contributed by atoms with van der Waals surface area (Å²) in [5.41, 5.74) is 4.91. The molecule has 6 rings (SSSR count). The fourth-order valence-electron chi connectivity index (χ4n) is 7.27. The van der Waals surface area contributed by atoms with Gasteiger partial charge in [-0.15, -0.1) is 0 Å². The first kappa shape index (κ1) is 40.7. The molecule has 4 aromatic rings. The van der Waals surface area contributed by atoms with Gasteiger partial charge in [-0.25, -0.2) is 19.6 Å². The molecule has 2 aliphatic rings. The van der Waals surface area contributed by atoms with E-state index in [0.29, 0.717) is 18.9 Å². The molecule has 4 heterocycles. The number of nitrogens with one attached hydrogen (secondary N) is 4. The van der Waals surface area contributed by atoms with Gasteiger partial charge in [-0.3, -0.25) is 9.59 Å². The summed E-state index contributed by atoms with van der Waals surface area (Å²) < 4.78 is 10.2. The monoisotopic (exact) mass is 778 g/mol. The molecule has 0 bridgehead atoms. The van der Waals surface area contributed by atoms with E-state index in [-0.39, 0.29) is 29.7 Å². The Morgan fingerprint density at radius 2 is 1.39 bits per heavy atom. The fraction of sp³-hybridized carbons (Fsp3) is 0.442. The number of carbonyl (C=O) groups is 4. The van der Waals surface area contributed by atoms with Crippen LogP contribution in [0.3, 0.4) is 0 Å². The van der Waals surface area contributed by atoms with E-state index in [1.54, 1.807) is 36.8 Å². The number of carbonyl (C=O) groups excluding carboxylic acids is 4. The van der Waals surface area contributed by atoms with E-state index >= 15 is 0 Å². The van der Waals surface area contributed by atoms with Crippen LogP contribution in [0.4, 0.5) is 9.59 Å². The third kappa shape index (κ3) is 9.38. The summed E-state index contributed by atoms with van der Waals surface area (Å²) in [6.45, 7) is 13.9. The maximum absolute atomic E-state index is 13.7. The van der Waals surface area contributed by atoms with Crippen LogP contribution in [0.1, 0.15) is 85.0 Å². The van der Waals surface area contributed by atoms with Gasteiger partial charge in [0.1, 0.15) is 35.4 Å². The van der Waals surface area contributed by atoms with Crippen molar-refractivity contribution < 1.29 is 28.7 Å². The molecule has 0 aliphatic carbocycles. The van der Waals surface area contributed by atoms with E-state index < -0.39 is 35.9 Å². The molecule has 14 heteroatoms. The summed E-state index contributed by atoms with van der Waals surface area (Å²) in [4.78, 5) is 71.5. The van der Waals surface area contributed by atoms with E-state index in [9.17, 15) is 19.2 Å². The van der Waals surface area contributed by atoms with Gasteiger partial charge < -0.3 is 39.9 Å². The SMILES string of the molecule is COC(=O)N[C@H](C(=O)N1CCC[C@H]1c1nc(-c2ccc(-c3ccc(-c4cnc([C@@H]5C=CCN5C(=O)[C@@H](NC(=O)OC(C)(C)C)C(C)C)[nH]4)cc3)cc2)c[nH]1)C(C)C. The lowest BCUT2D eigenvalue weighted by Crippen LogP contribution is -2.52. The highest BCUT2D eigenvalue weighted by molar-refractivity contribution is 5.87. The molecule has 4 atom stereocenters. The molecule has 2 aliphatic heterocycles. The van der Waals surface area contributed by atoms with Gasteiger partial charge >= 0.3 is 12.2 Å². The van der Waals surface area contributed by atoms with Crippen LogP contribution in [0, 0.1) is 11.8 Å². The molecule has 0 spiro atoms. The van der Waals surface area contributed by atoms with E-state index in [1.807, 2.05) is 70.3 Å². The Balaban J connectivity index is 1.10. The van der Waals surface area contributed by atoms with Crippen LogP contribution in [-0.4, -0.2) is 91.6 Å². The van der Waals surface area contributed by atoms with Crippen molar-refractivity contribution in [3.05, 3.63) is 84.7 Å². The summed E-state index contributed by atoms with van der Waals surface area (Å²) in [5, 5.41) is 5.46. The fourth-order valence-corrected chi connectivity index (χ4v) is 7.27. The lowest BCUT2D eigenvalue weighted by molar-refractivity contribution is -0.136. The van der Waals surface area contributed by atoms with Crippen molar-refractivity contribution in [3.8, 4) is 33.6 Å². The average Bonchev–Trinajstić information content (AvgIpc) is 4.01. The number of nitrogens with zero attached hydrogens (tertiary/aromatic N) is 4. The van der Waals surface area contributed by atoms with Crippen LogP contribution in [0.5, 0.6) is 0 Å². The number of likely N-dealkylation sites (tertiary alicyclic amines) is 1. The van der Waals surface area contributed by atoms with Crippen molar-refractivity contribution in [1.29, 1.82) is 0 Å². The smallest absolute Gasteiger partial charge is 0.408 e. The highest BCUT2D eigenvalue weighted by Gasteiger charge is 2.38. The molecule has 0 radical (unpaired) electrons. The molecule has 2 aromatic heterocycles. The Bertz CT molecular complexity index is 2080. The molecule has 2 aromatic carbocycles. The Kier molecular flexibility index (Phi) is 12.2. The Morgan fingerprint density at radius 1 is 0.807 bits per heavy atom. The van der Waals surface area contributed by atoms with Gasteiger partial charge in [-0.2, -0.15) is 0 Å². The van der Waals surface area contributed by atoms with E-state index in [4.69, 9.17) is 14.5 Å². The minimum atomic E-state index is -0.753. The molecule has 4 N–H and O–H groups in total. The number of rotatable bonds is 11. The number of benzene rings is 2. The number of hydrogen-bond donors (Lipinski definition) is 4. The maximum Gasteiger partial charge on any atom is 0.408 e. The first-order valence-electron chi connectivity index (χ1n) is 19.6. The number of methoxy groups -OCH3 is 1. The van der Waals surface area contributed by atoms with Crippen molar-refractivity contribution in [2.75, 3.05) is 20.2 Å². The van der Waals surface area contributed by atoms with Crippen LogP contribution in [0.15, 0.2) is 73.1 Å². The second-order valence-electron chi connectivity index (χ2n) is 16.3. The normalized spacial score (nSPS) is 17.9. The first-order chi connectivity index (χ1) is 27.1. The van der Waals surface area contributed by atoms with Gasteiger partial charge in [-0.05, 0) is 62.1 Å². The summed E-state index contributed by atoms with van der Waals surface area (Å²) in [6, 6.07) is 14.3. The molecule has 1 fully saturated rings. The minimum absolute atomic E-state index is 0.108. The zero-order valence-corrected chi connectivity index (χ0v) is 34.0. The summed E-state index contributed by atoms with van der Waals surface area (Å²) in [5.74, 6) is 0.747. The lowest BCUT2D eigenvalue weighted by atomic mass is 10.0. The number of ether oxygens (including phenoxy) is 2. The van der Waals surface area contributed by atoms with Crippen LogP contribution >= 0.6 is 0 Å². The second-order valence-corrected chi connectivity index (χ2v) is 16.3. The standard InChI is InChI=1S/C43H54N8O6/c1-25(2)35(48-41(54)56-8)39(52)50-21-9-11-33(50)37-44-23-31(46-37)29-17-13-27(14-18-29)28-15-19-30(20-16-28)32-24-45-38(47-32)34-12-10-22-51(34)40(53)36(26(3)4)49-42(55)57-43(5,6)7/h10,12-20,23-26,33-36H,9,11,21-22H2,1-8H3,(H,44,46)(H,45,47)(H,48,54)(H,49,55)/t33-,34-,35-,36-/m0/s1. The highest BCUT2D eigenvalue weighted by atomic mass is 16.6. The quantitative estimate of drug-likeness (QED) is 0.116. The third-order valence-electron chi connectivity index (χ3n) is 10.3. The van der Waals surface area contributed by atoms with Crippen LogP contribution in [0.25, 0.3) is 33.6 Å². The molecule has 57 heavy (non-hydrogen) atoms. The molecule has 0 saturated carbocycles. The summed E-state index contributed by atoms with van der Waals surface area (Å²) in [7, 11) is 1.29. The van der Waals surface area contributed by atoms with Gasteiger partial charge in [0.2, 0.25) is 11.8 Å². The Morgan fingerprint density at radius 3 is 1.98 bits per heavy atom. The molecular formula is C43H54N8O6. The molecule has 1 saturated heterocycles. The van der Waals surface area contributed by atoms with E-state index in [2.05, 4.69) is 49.9 Å². The summed E-state index contributed by atoms with van der Waals surface area (Å²) in [6.07, 6.45) is 7.89. The van der Waals surface area contributed by atoms with Crippen molar-refractivity contribution in [1.82, 2.24) is 40.4 Å². The van der Waals surface area contributed by atoms with Crippen LogP contribution < -0.4 is 10.6 Å².